The number of allylic oxidation sites excluding steroid dienone is 2. The molecule has 0 N–H and O–H groups in total. The third-order valence-corrected chi connectivity index (χ3v) is 7.14. The number of thioether (sulfide) groups is 1. The maximum atomic E-state index is 2.47. The van der Waals surface area contributed by atoms with Gasteiger partial charge >= 0.3 is 0 Å². The van der Waals surface area contributed by atoms with Gasteiger partial charge in [-0.3, -0.25) is 0 Å². The molecular weight excluding hydrogens is 392 g/mol. The average molecular weight is 417 g/mol. The Morgan fingerprint density at radius 1 is 0.548 bits per heavy atom. The van der Waals surface area contributed by atoms with E-state index in [0.29, 0.717) is 0 Å². The van der Waals surface area contributed by atoms with Crippen molar-refractivity contribution in [2.24, 2.45) is 0 Å². The van der Waals surface area contributed by atoms with E-state index < -0.39 is 0 Å². The standard InChI is InChI=1S/C30H24S/c1-5-13-24(14-6-1)22-30(28-19-11-4-12-20-28)23-27(25-15-7-2-8-16-25)21-29(31-30)26-17-9-3-10-18-26/h1-21,23H,22H2. The van der Waals surface area contributed by atoms with E-state index in [0.717, 1.165) is 6.42 Å². The van der Waals surface area contributed by atoms with Crippen LogP contribution in [0.4, 0.5) is 0 Å². The molecule has 31 heavy (non-hydrogen) atoms. The van der Waals surface area contributed by atoms with Crippen LogP contribution in [0.2, 0.25) is 0 Å². The Bertz CT molecular complexity index is 1190. The van der Waals surface area contributed by atoms with Crippen LogP contribution in [0, 0.1) is 0 Å². The summed E-state index contributed by atoms with van der Waals surface area (Å²) in [5.74, 6) is 0. The Morgan fingerprint density at radius 3 is 1.68 bits per heavy atom. The molecule has 1 heterocycles. The molecule has 0 nitrogen and oxygen atoms in total. The third-order valence-electron chi connectivity index (χ3n) is 5.70. The van der Waals surface area contributed by atoms with Gasteiger partial charge in [0, 0.05) is 4.91 Å². The molecule has 4 aromatic carbocycles. The van der Waals surface area contributed by atoms with Crippen LogP contribution in [-0.4, -0.2) is 0 Å². The summed E-state index contributed by atoms with van der Waals surface area (Å²) in [5.41, 5.74) is 6.47. The Hall–Kier alpha value is -3.29. The summed E-state index contributed by atoms with van der Waals surface area (Å²) in [6, 6.07) is 43.3. The molecule has 0 bridgehead atoms. The molecule has 0 amide bonds. The summed E-state index contributed by atoms with van der Waals surface area (Å²) >= 11 is 1.96. The minimum absolute atomic E-state index is 0.187. The third kappa shape index (κ3) is 4.28. The van der Waals surface area contributed by atoms with E-state index in [4.69, 9.17) is 0 Å². The lowest BCUT2D eigenvalue weighted by Crippen LogP contribution is -2.25. The maximum absolute atomic E-state index is 2.47. The van der Waals surface area contributed by atoms with Gasteiger partial charge in [-0.25, -0.2) is 0 Å². The van der Waals surface area contributed by atoms with Gasteiger partial charge in [-0.1, -0.05) is 127 Å². The SMILES string of the molecule is C1=C(c2ccccc2)C=C(c2ccccc2)SC1(Cc1ccccc1)c1ccccc1. The summed E-state index contributed by atoms with van der Waals surface area (Å²) in [4.78, 5) is 1.31. The molecule has 0 saturated carbocycles. The fourth-order valence-electron chi connectivity index (χ4n) is 4.18. The minimum atomic E-state index is -0.187. The van der Waals surface area contributed by atoms with Crippen molar-refractivity contribution in [1.29, 1.82) is 0 Å². The Labute approximate surface area is 189 Å². The molecule has 150 valence electrons. The van der Waals surface area contributed by atoms with Crippen molar-refractivity contribution in [2.75, 3.05) is 0 Å². The summed E-state index contributed by atoms with van der Waals surface area (Å²) < 4.78 is -0.187. The van der Waals surface area contributed by atoms with E-state index >= 15 is 0 Å². The van der Waals surface area contributed by atoms with Crippen LogP contribution in [-0.2, 0) is 11.2 Å². The van der Waals surface area contributed by atoms with Gasteiger partial charge in [0.15, 0.2) is 0 Å². The Kier molecular flexibility index (Phi) is 5.60. The molecule has 0 saturated heterocycles. The molecule has 0 aliphatic carbocycles. The Balaban J connectivity index is 1.70. The second-order valence-electron chi connectivity index (χ2n) is 7.86. The fourth-order valence-corrected chi connectivity index (χ4v) is 5.69. The molecule has 4 aromatic rings. The van der Waals surface area contributed by atoms with Gasteiger partial charge in [0.2, 0.25) is 0 Å². The quantitative estimate of drug-likeness (QED) is 0.318. The van der Waals surface area contributed by atoms with Gasteiger partial charge in [0.05, 0.1) is 4.75 Å². The van der Waals surface area contributed by atoms with Gasteiger partial charge in [0.1, 0.15) is 0 Å². The lowest BCUT2D eigenvalue weighted by Gasteiger charge is -2.36. The molecule has 5 rings (SSSR count). The average Bonchev–Trinajstić information content (AvgIpc) is 2.86. The lowest BCUT2D eigenvalue weighted by molar-refractivity contribution is 0.768. The predicted octanol–water partition coefficient (Wildman–Crippen LogP) is 8.00. The number of rotatable bonds is 5. The van der Waals surface area contributed by atoms with E-state index in [1.807, 2.05) is 11.8 Å². The van der Waals surface area contributed by atoms with E-state index in [1.54, 1.807) is 0 Å². The molecule has 0 fully saturated rings. The minimum Gasteiger partial charge on any atom is -0.109 e. The lowest BCUT2D eigenvalue weighted by atomic mass is 9.87. The smallest absolute Gasteiger partial charge is 0.0684 e. The van der Waals surface area contributed by atoms with Crippen molar-refractivity contribution >= 4 is 22.2 Å². The van der Waals surface area contributed by atoms with Crippen LogP contribution in [0.15, 0.2) is 133 Å². The second-order valence-corrected chi connectivity index (χ2v) is 9.23. The normalized spacial score (nSPS) is 18.2. The van der Waals surface area contributed by atoms with E-state index in [2.05, 4.69) is 133 Å². The molecule has 1 aliphatic rings. The highest BCUT2D eigenvalue weighted by atomic mass is 32.2. The number of hydrogen-bond acceptors (Lipinski definition) is 1. The highest BCUT2D eigenvalue weighted by Crippen LogP contribution is 2.53. The summed E-state index contributed by atoms with van der Waals surface area (Å²) in [6.45, 7) is 0. The molecule has 1 heteroatoms. The van der Waals surface area contributed by atoms with E-state index in [-0.39, 0.29) is 4.75 Å². The van der Waals surface area contributed by atoms with Gasteiger partial charge in [-0.15, -0.1) is 11.8 Å². The van der Waals surface area contributed by atoms with Gasteiger partial charge in [0.25, 0.3) is 0 Å². The van der Waals surface area contributed by atoms with Gasteiger partial charge < -0.3 is 0 Å². The maximum Gasteiger partial charge on any atom is 0.0684 e. The summed E-state index contributed by atoms with van der Waals surface area (Å²) in [7, 11) is 0. The van der Waals surface area contributed by atoms with Gasteiger partial charge in [-0.05, 0) is 40.3 Å². The van der Waals surface area contributed by atoms with Crippen LogP contribution < -0.4 is 0 Å². The topological polar surface area (TPSA) is 0 Å². The van der Waals surface area contributed by atoms with Crippen LogP contribution in [0.3, 0.4) is 0 Å². The monoisotopic (exact) mass is 416 g/mol. The van der Waals surface area contributed by atoms with E-state index in [9.17, 15) is 0 Å². The largest absolute Gasteiger partial charge is 0.109 e. The first-order chi connectivity index (χ1) is 15.3. The first kappa shape index (κ1) is 19.7. The summed E-state index contributed by atoms with van der Waals surface area (Å²) in [6.07, 6.45) is 5.76. The van der Waals surface area contributed by atoms with Crippen LogP contribution in [0.5, 0.6) is 0 Å². The zero-order valence-corrected chi connectivity index (χ0v) is 18.1. The molecule has 1 aliphatic heterocycles. The molecule has 1 unspecified atom stereocenters. The fraction of sp³-hybridized carbons (Fsp3) is 0.0667. The van der Waals surface area contributed by atoms with Crippen molar-refractivity contribution in [1.82, 2.24) is 0 Å². The van der Waals surface area contributed by atoms with Crippen LogP contribution >= 0.6 is 11.8 Å². The van der Waals surface area contributed by atoms with Crippen molar-refractivity contribution in [3.8, 4) is 0 Å². The van der Waals surface area contributed by atoms with Crippen LogP contribution in [0.1, 0.15) is 22.3 Å². The highest BCUT2D eigenvalue weighted by Gasteiger charge is 2.35. The first-order valence-electron chi connectivity index (χ1n) is 10.7. The van der Waals surface area contributed by atoms with Crippen molar-refractivity contribution in [3.63, 3.8) is 0 Å². The second kappa shape index (κ2) is 8.83. The zero-order valence-electron chi connectivity index (χ0n) is 17.3. The molecule has 0 spiro atoms. The van der Waals surface area contributed by atoms with Crippen molar-refractivity contribution in [2.45, 2.75) is 11.2 Å². The molecular formula is C30H24S. The zero-order chi connectivity index (χ0) is 20.9. The van der Waals surface area contributed by atoms with Crippen LogP contribution in [0.25, 0.3) is 10.5 Å². The highest BCUT2D eigenvalue weighted by molar-refractivity contribution is 8.09. The number of benzene rings is 4. The molecule has 1 atom stereocenters. The number of hydrogen-bond donors (Lipinski definition) is 0. The van der Waals surface area contributed by atoms with Crippen molar-refractivity contribution in [3.05, 3.63) is 156 Å². The predicted molar refractivity (Wildman–Crippen MR) is 135 cm³/mol. The van der Waals surface area contributed by atoms with Gasteiger partial charge in [-0.2, -0.15) is 0 Å². The molecule has 0 radical (unpaired) electrons. The Morgan fingerprint density at radius 2 is 1.06 bits per heavy atom. The van der Waals surface area contributed by atoms with E-state index in [1.165, 1.54) is 32.7 Å². The van der Waals surface area contributed by atoms with Crippen molar-refractivity contribution < 1.29 is 0 Å². The summed E-state index contributed by atoms with van der Waals surface area (Å²) in [5, 5.41) is 0. The first-order valence-corrected chi connectivity index (χ1v) is 11.5. The molecule has 0 aromatic heterocycles.